The van der Waals surface area contributed by atoms with Crippen molar-refractivity contribution in [3.63, 3.8) is 0 Å². The van der Waals surface area contributed by atoms with Gasteiger partial charge in [-0.1, -0.05) is 36.9 Å². The van der Waals surface area contributed by atoms with E-state index in [9.17, 15) is 4.39 Å². The molecule has 0 aliphatic carbocycles. The summed E-state index contributed by atoms with van der Waals surface area (Å²) in [6, 6.07) is 10.5. The van der Waals surface area contributed by atoms with Gasteiger partial charge in [-0.2, -0.15) is 0 Å². The predicted molar refractivity (Wildman–Crippen MR) is 77.2 cm³/mol. The molecule has 3 heteroatoms. The van der Waals surface area contributed by atoms with Crippen LogP contribution in [0.2, 0.25) is 0 Å². The number of hydrogen-bond acceptors (Lipinski definition) is 2. The topological polar surface area (TPSA) is 38.0 Å². The molecule has 0 fully saturated rings. The lowest BCUT2D eigenvalue weighted by Crippen LogP contribution is -2.15. The van der Waals surface area contributed by atoms with Crippen LogP contribution in [0.15, 0.2) is 42.6 Å². The van der Waals surface area contributed by atoms with Gasteiger partial charge < -0.3 is 11.1 Å². The molecule has 0 spiro atoms. The highest BCUT2D eigenvalue weighted by molar-refractivity contribution is 5.15. The maximum Gasteiger partial charge on any atom is 0.0785 e. The maximum atomic E-state index is 9.50. The molecule has 0 bridgehead atoms. The van der Waals surface area contributed by atoms with Crippen LogP contribution in [-0.2, 0) is 6.42 Å². The number of unbranched alkanes of at least 4 members (excludes halogenated alkanes) is 1. The van der Waals surface area contributed by atoms with Crippen LogP contribution in [-0.4, -0.2) is 20.3 Å². The molecule has 3 N–H and O–H groups in total. The fourth-order valence-electron chi connectivity index (χ4n) is 1.56. The number of nitrogens with two attached hydrogens (primary N) is 1. The van der Waals surface area contributed by atoms with Crippen molar-refractivity contribution in [3.8, 4) is 0 Å². The minimum absolute atomic E-state index is 0.500. The van der Waals surface area contributed by atoms with Crippen molar-refractivity contribution in [1.29, 1.82) is 0 Å². The Bertz CT molecular complexity index is 299. The van der Waals surface area contributed by atoms with E-state index < -0.39 is 0 Å². The average molecular weight is 252 g/mol. The van der Waals surface area contributed by atoms with Gasteiger partial charge in [0.25, 0.3) is 0 Å². The highest BCUT2D eigenvalue weighted by Crippen LogP contribution is 2.05. The Hall–Kier alpha value is -1.35. The van der Waals surface area contributed by atoms with E-state index in [0.29, 0.717) is 7.18 Å². The normalized spacial score (nSPS) is 9.28. The van der Waals surface area contributed by atoms with Gasteiger partial charge in [0.05, 0.1) is 7.18 Å². The van der Waals surface area contributed by atoms with Gasteiger partial charge in [0, 0.05) is 12.2 Å². The molecule has 0 amide bonds. The fourth-order valence-corrected chi connectivity index (χ4v) is 1.56. The lowest BCUT2D eigenvalue weighted by molar-refractivity contribution is 0.636. The average Bonchev–Trinajstić information content (AvgIpc) is 2.45. The number of nitrogens with one attached hydrogen (secondary N) is 1. The van der Waals surface area contributed by atoms with E-state index >= 15 is 0 Å². The van der Waals surface area contributed by atoms with Crippen molar-refractivity contribution < 1.29 is 4.39 Å². The van der Waals surface area contributed by atoms with Gasteiger partial charge in [-0.3, -0.25) is 4.39 Å². The lowest BCUT2D eigenvalue weighted by Gasteiger charge is -2.09. The molecular weight excluding hydrogens is 227 g/mol. The zero-order valence-electron chi connectivity index (χ0n) is 11.3. The fraction of sp³-hybridized carbons (Fsp3) is 0.467. The number of benzene rings is 1. The van der Waals surface area contributed by atoms with Gasteiger partial charge in [-0.25, -0.2) is 0 Å². The molecule has 0 aliphatic rings. The molecule has 102 valence electrons. The second-order valence-electron chi connectivity index (χ2n) is 4.01. The molecular formula is C15H25FN2. The highest BCUT2D eigenvalue weighted by Gasteiger charge is 1.95. The molecule has 0 aliphatic heterocycles. The Kier molecular flexibility index (Phi) is 11.2. The summed E-state index contributed by atoms with van der Waals surface area (Å²) in [6.45, 7) is 5.79. The summed E-state index contributed by atoms with van der Waals surface area (Å²) >= 11 is 0. The van der Waals surface area contributed by atoms with E-state index in [1.807, 2.05) is 6.07 Å². The number of rotatable bonds is 8. The molecule has 1 aromatic carbocycles. The molecule has 0 heterocycles. The number of halogens is 1. The third-order valence-electron chi connectivity index (χ3n) is 2.56. The number of aryl methyl sites for hydroxylation is 1. The van der Waals surface area contributed by atoms with Gasteiger partial charge in [0.2, 0.25) is 0 Å². The minimum atomic E-state index is 0.500. The van der Waals surface area contributed by atoms with Crippen LogP contribution in [0.1, 0.15) is 24.8 Å². The van der Waals surface area contributed by atoms with Crippen LogP contribution < -0.4 is 11.1 Å². The molecule has 0 radical (unpaired) electrons. The molecule has 1 aromatic rings. The molecule has 0 saturated heterocycles. The van der Waals surface area contributed by atoms with Gasteiger partial charge in [-0.05, 0) is 37.8 Å². The monoisotopic (exact) mass is 252 g/mol. The summed E-state index contributed by atoms with van der Waals surface area (Å²) in [7, 11) is 0.500. The number of alkyl halides is 1. The van der Waals surface area contributed by atoms with Gasteiger partial charge in [0.15, 0.2) is 0 Å². The van der Waals surface area contributed by atoms with E-state index in [1.54, 1.807) is 0 Å². The predicted octanol–water partition coefficient (Wildman–Crippen LogP) is 3.05. The third-order valence-corrected chi connectivity index (χ3v) is 2.56. The van der Waals surface area contributed by atoms with Gasteiger partial charge in [-0.15, -0.1) is 0 Å². The van der Waals surface area contributed by atoms with Crippen molar-refractivity contribution in [2.45, 2.75) is 25.7 Å². The first kappa shape index (κ1) is 16.6. The highest BCUT2D eigenvalue weighted by atomic mass is 19.1. The van der Waals surface area contributed by atoms with Crippen molar-refractivity contribution >= 4 is 0 Å². The first-order valence-corrected chi connectivity index (χ1v) is 6.36. The minimum Gasteiger partial charge on any atom is -0.389 e. The standard InChI is InChI=1S/C14H22N2.CH3F/c1-13(16-12-6-5-11-15)9-10-14-7-3-2-4-8-14;1-2/h2-4,7-8,16H,1,5-6,9-12,15H2;1H3. The van der Waals surface area contributed by atoms with Gasteiger partial charge in [0.1, 0.15) is 0 Å². The Balaban J connectivity index is 0.00000137. The van der Waals surface area contributed by atoms with Crippen molar-refractivity contribution in [2.24, 2.45) is 5.73 Å². The Labute approximate surface area is 110 Å². The molecule has 2 nitrogen and oxygen atoms in total. The summed E-state index contributed by atoms with van der Waals surface area (Å²) in [4.78, 5) is 0. The van der Waals surface area contributed by atoms with Crippen LogP contribution in [0.5, 0.6) is 0 Å². The van der Waals surface area contributed by atoms with Crippen LogP contribution >= 0.6 is 0 Å². The van der Waals surface area contributed by atoms with E-state index in [0.717, 1.165) is 44.5 Å². The summed E-state index contributed by atoms with van der Waals surface area (Å²) in [5.41, 5.74) is 7.92. The second kappa shape index (κ2) is 12.1. The molecule has 18 heavy (non-hydrogen) atoms. The van der Waals surface area contributed by atoms with E-state index in [2.05, 4.69) is 36.2 Å². The van der Waals surface area contributed by atoms with Crippen molar-refractivity contribution in [3.05, 3.63) is 48.2 Å². The Morgan fingerprint density at radius 1 is 1.22 bits per heavy atom. The quantitative estimate of drug-likeness (QED) is 0.698. The molecule has 0 aromatic heterocycles. The van der Waals surface area contributed by atoms with Gasteiger partial charge >= 0.3 is 0 Å². The Morgan fingerprint density at radius 3 is 2.50 bits per heavy atom. The van der Waals surface area contributed by atoms with E-state index in [4.69, 9.17) is 5.73 Å². The largest absolute Gasteiger partial charge is 0.389 e. The second-order valence-corrected chi connectivity index (χ2v) is 4.01. The zero-order valence-corrected chi connectivity index (χ0v) is 11.3. The number of hydrogen-bond donors (Lipinski definition) is 2. The van der Waals surface area contributed by atoms with E-state index in [1.165, 1.54) is 5.56 Å². The molecule has 0 saturated carbocycles. The van der Waals surface area contributed by atoms with Crippen LogP contribution in [0, 0.1) is 0 Å². The van der Waals surface area contributed by atoms with Crippen LogP contribution in [0.4, 0.5) is 4.39 Å². The zero-order chi connectivity index (χ0) is 13.6. The summed E-state index contributed by atoms with van der Waals surface area (Å²) in [5.74, 6) is 0. The van der Waals surface area contributed by atoms with Crippen molar-refractivity contribution in [2.75, 3.05) is 20.3 Å². The van der Waals surface area contributed by atoms with Crippen molar-refractivity contribution in [1.82, 2.24) is 5.32 Å². The molecule has 0 unspecified atom stereocenters. The molecule has 0 atom stereocenters. The maximum absolute atomic E-state index is 9.50. The van der Waals surface area contributed by atoms with E-state index in [-0.39, 0.29) is 0 Å². The van der Waals surface area contributed by atoms with Crippen LogP contribution in [0.3, 0.4) is 0 Å². The SMILES string of the molecule is C=C(CCc1ccccc1)NCCCCN.CF. The molecule has 1 rings (SSSR count). The first-order chi connectivity index (χ1) is 8.83. The smallest absolute Gasteiger partial charge is 0.0785 e. The Morgan fingerprint density at radius 2 is 1.89 bits per heavy atom. The summed E-state index contributed by atoms with van der Waals surface area (Å²) in [6.07, 6.45) is 4.27. The lowest BCUT2D eigenvalue weighted by atomic mass is 10.1. The van der Waals surface area contributed by atoms with Crippen LogP contribution in [0.25, 0.3) is 0 Å². The number of allylic oxidation sites excluding steroid dienone is 1. The summed E-state index contributed by atoms with van der Waals surface area (Å²) in [5, 5.41) is 3.34. The third kappa shape index (κ3) is 8.76. The summed E-state index contributed by atoms with van der Waals surface area (Å²) < 4.78 is 9.50. The first-order valence-electron chi connectivity index (χ1n) is 6.36.